The maximum Gasteiger partial charge on any atom is 3.00 e. The smallest absolute Gasteiger partial charge is 0.510 e. The second-order valence-electron chi connectivity index (χ2n) is 6.78. The van der Waals surface area contributed by atoms with Crippen LogP contribution in [0.4, 0.5) is 5.69 Å². The Labute approximate surface area is 198 Å². The topological polar surface area (TPSA) is 19.4 Å². The number of benzene rings is 3. The van der Waals surface area contributed by atoms with Crippen molar-refractivity contribution in [2.45, 2.75) is 0 Å². The third-order valence-corrected chi connectivity index (χ3v) is 4.60. The molecule has 0 radical (unpaired) electrons. The summed E-state index contributed by atoms with van der Waals surface area (Å²) >= 11 is 0. The molecule has 4 heteroatoms. The summed E-state index contributed by atoms with van der Waals surface area (Å²) < 4.78 is 0. The van der Waals surface area contributed by atoms with E-state index >= 15 is 0 Å². The van der Waals surface area contributed by atoms with Crippen LogP contribution >= 0.6 is 0 Å². The minimum Gasteiger partial charge on any atom is -0.510 e. The molecular formula is C27H22IrN3. The largest absolute Gasteiger partial charge is 3.00 e. The number of rotatable bonds is 3. The average Bonchev–Trinajstić information content (AvgIpc) is 3.28. The first-order valence-electron chi connectivity index (χ1n) is 9.79. The van der Waals surface area contributed by atoms with Gasteiger partial charge >= 0.3 is 20.1 Å². The molecule has 0 unspecified atom stereocenters. The predicted molar refractivity (Wildman–Crippen MR) is 123 cm³/mol. The van der Waals surface area contributed by atoms with Gasteiger partial charge in [-0.3, -0.25) is 0 Å². The molecule has 1 aliphatic rings. The second kappa shape index (κ2) is 11.3. The van der Waals surface area contributed by atoms with E-state index < -0.39 is 0 Å². The summed E-state index contributed by atoms with van der Waals surface area (Å²) in [5, 5.41) is 0. The fourth-order valence-corrected chi connectivity index (χ4v) is 3.15. The Balaban J connectivity index is 0.000000183. The third kappa shape index (κ3) is 5.91. The summed E-state index contributed by atoms with van der Waals surface area (Å²) in [5.74, 6) is 0. The van der Waals surface area contributed by atoms with E-state index in [0.29, 0.717) is 0 Å². The van der Waals surface area contributed by atoms with Gasteiger partial charge in [0.25, 0.3) is 0 Å². The molecule has 1 aliphatic heterocycles. The number of pyridine rings is 1. The van der Waals surface area contributed by atoms with Crippen molar-refractivity contribution >= 4 is 5.69 Å². The van der Waals surface area contributed by atoms with E-state index in [1.165, 1.54) is 5.56 Å². The Kier molecular flexibility index (Phi) is 8.17. The molecule has 0 saturated heterocycles. The fraction of sp³-hybridized carbons (Fsp3) is 0.0370. The Morgan fingerprint density at radius 3 is 2.16 bits per heavy atom. The van der Waals surface area contributed by atoms with Crippen LogP contribution in [0.3, 0.4) is 0 Å². The number of nitrogens with zero attached hydrogens (tertiary/aromatic N) is 3. The average molecular weight is 581 g/mol. The Hall–Kier alpha value is -3.20. The quantitative estimate of drug-likeness (QED) is 0.276. The standard InChI is InChI=1S/C17H12N.C10H10N2.Ir/c1-3-8-14(9-4-1)16-12-7-13-18-17(16)15-10-5-2-6-11-15;1-11-7-8-12(9-11)10-5-3-2-4-6-10;/h1-10,12-13H;2-5,7-9H,1H3;/q-1;-2;+3. The van der Waals surface area contributed by atoms with Crippen molar-refractivity contribution < 1.29 is 20.1 Å². The third-order valence-electron chi connectivity index (χ3n) is 4.60. The van der Waals surface area contributed by atoms with E-state index in [1.807, 2.05) is 115 Å². The van der Waals surface area contributed by atoms with E-state index in [9.17, 15) is 0 Å². The molecule has 4 aromatic rings. The van der Waals surface area contributed by atoms with Gasteiger partial charge in [-0.1, -0.05) is 36.4 Å². The summed E-state index contributed by atoms with van der Waals surface area (Å²) in [5.41, 5.74) is 5.39. The van der Waals surface area contributed by atoms with Gasteiger partial charge in [0.05, 0.1) is 0 Å². The van der Waals surface area contributed by atoms with Gasteiger partial charge in [-0.15, -0.1) is 41.6 Å². The first kappa shape index (κ1) is 22.5. The molecule has 2 heterocycles. The van der Waals surface area contributed by atoms with Crippen molar-refractivity contribution in [2.24, 2.45) is 0 Å². The normalized spacial score (nSPS) is 12.0. The molecule has 0 bridgehead atoms. The zero-order valence-electron chi connectivity index (χ0n) is 17.1. The minimum absolute atomic E-state index is 0. The first-order chi connectivity index (χ1) is 14.8. The first-order valence-corrected chi connectivity index (χ1v) is 9.79. The van der Waals surface area contributed by atoms with Crippen molar-refractivity contribution in [3.63, 3.8) is 0 Å². The maximum atomic E-state index is 4.49. The molecule has 0 aliphatic carbocycles. The monoisotopic (exact) mass is 581 g/mol. The summed E-state index contributed by atoms with van der Waals surface area (Å²) in [6.45, 7) is 2.01. The fourth-order valence-electron chi connectivity index (χ4n) is 3.15. The molecule has 154 valence electrons. The number of hydrogen-bond donors (Lipinski definition) is 0. The number of aromatic nitrogens is 1. The van der Waals surface area contributed by atoms with Gasteiger partial charge in [-0.05, 0) is 42.3 Å². The molecule has 0 fully saturated rings. The molecule has 0 amide bonds. The van der Waals surface area contributed by atoms with E-state index in [0.717, 1.165) is 22.5 Å². The van der Waals surface area contributed by atoms with Crippen LogP contribution in [0.25, 0.3) is 22.4 Å². The molecule has 1 aromatic heterocycles. The SMILES string of the molecule is CN1C=CN(c2[c-]cccc2)[CH-]1.[Ir+3].[c-]1ccccc1-c1ncccc1-c1ccccc1. The molecule has 3 aromatic carbocycles. The molecule has 0 N–H and O–H groups in total. The van der Waals surface area contributed by atoms with Crippen molar-refractivity contribution in [3.8, 4) is 22.4 Å². The van der Waals surface area contributed by atoms with E-state index in [1.54, 1.807) is 0 Å². The van der Waals surface area contributed by atoms with Crippen molar-refractivity contribution in [3.05, 3.63) is 128 Å². The van der Waals surface area contributed by atoms with Crippen LogP contribution in [-0.4, -0.2) is 16.9 Å². The molecule has 0 saturated carbocycles. The van der Waals surface area contributed by atoms with Crippen LogP contribution in [0.2, 0.25) is 0 Å². The molecular weight excluding hydrogens is 559 g/mol. The van der Waals surface area contributed by atoms with Crippen LogP contribution in [0.1, 0.15) is 0 Å². The predicted octanol–water partition coefficient (Wildman–Crippen LogP) is 6.04. The van der Waals surface area contributed by atoms with E-state index in [-0.39, 0.29) is 20.1 Å². The van der Waals surface area contributed by atoms with Crippen LogP contribution in [0.15, 0.2) is 110 Å². The van der Waals surface area contributed by atoms with Crippen LogP contribution in [0.5, 0.6) is 0 Å². The molecule has 0 atom stereocenters. The molecule has 5 rings (SSSR count). The second-order valence-corrected chi connectivity index (χ2v) is 6.78. The van der Waals surface area contributed by atoms with Gasteiger partial charge in [0, 0.05) is 6.20 Å². The Morgan fingerprint density at radius 1 is 0.774 bits per heavy atom. The number of para-hydroxylation sites is 1. The van der Waals surface area contributed by atoms with Gasteiger partial charge in [-0.25, -0.2) is 0 Å². The van der Waals surface area contributed by atoms with Crippen molar-refractivity contribution in [2.75, 3.05) is 11.9 Å². The van der Waals surface area contributed by atoms with Crippen LogP contribution in [-0.2, 0) is 20.1 Å². The summed E-state index contributed by atoms with van der Waals surface area (Å²) in [6.07, 6.45) is 5.83. The Bertz CT molecular complexity index is 1020. The van der Waals surface area contributed by atoms with E-state index in [4.69, 9.17) is 0 Å². The van der Waals surface area contributed by atoms with E-state index in [2.05, 4.69) is 35.3 Å². The minimum atomic E-state index is 0. The van der Waals surface area contributed by atoms with Gasteiger partial charge in [-0.2, -0.15) is 37.0 Å². The molecule has 3 nitrogen and oxygen atoms in total. The zero-order chi connectivity index (χ0) is 20.6. The molecule has 0 spiro atoms. The number of hydrogen-bond acceptors (Lipinski definition) is 3. The summed E-state index contributed by atoms with van der Waals surface area (Å²) in [6, 6.07) is 36.6. The van der Waals surface area contributed by atoms with Crippen molar-refractivity contribution in [1.82, 2.24) is 9.88 Å². The maximum absolute atomic E-state index is 4.49. The van der Waals surface area contributed by atoms with Gasteiger partial charge in [0.1, 0.15) is 0 Å². The Morgan fingerprint density at radius 2 is 1.52 bits per heavy atom. The van der Waals surface area contributed by atoms with Crippen LogP contribution in [0, 0.1) is 18.8 Å². The zero-order valence-corrected chi connectivity index (χ0v) is 19.5. The number of anilines is 1. The van der Waals surface area contributed by atoms with Gasteiger partial charge in [0.15, 0.2) is 0 Å². The van der Waals surface area contributed by atoms with Crippen molar-refractivity contribution in [1.29, 1.82) is 0 Å². The summed E-state index contributed by atoms with van der Waals surface area (Å²) in [7, 11) is 2.00. The summed E-state index contributed by atoms with van der Waals surface area (Å²) in [4.78, 5) is 8.52. The molecule has 31 heavy (non-hydrogen) atoms. The van der Waals surface area contributed by atoms with Crippen LogP contribution < -0.4 is 4.90 Å². The van der Waals surface area contributed by atoms with Gasteiger partial charge in [0.2, 0.25) is 0 Å². The van der Waals surface area contributed by atoms with Gasteiger partial charge < -0.3 is 14.8 Å².